The van der Waals surface area contributed by atoms with E-state index in [1.54, 1.807) is 36.4 Å². The predicted molar refractivity (Wildman–Crippen MR) is 188 cm³/mol. The smallest absolute Gasteiger partial charge is 0.251 e. The molecule has 5 aromatic carbocycles. The van der Waals surface area contributed by atoms with Crippen molar-refractivity contribution in [3.63, 3.8) is 0 Å². The minimum atomic E-state index is -0.767. The first-order valence-electron chi connectivity index (χ1n) is 16.5. The van der Waals surface area contributed by atoms with Gasteiger partial charge in [0.1, 0.15) is 5.75 Å². The zero-order valence-electron chi connectivity index (χ0n) is 27.5. The van der Waals surface area contributed by atoms with Crippen LogP contribution >= 0.6 is 0 Å². The molecule has 1 heterocycles. The fraction of sp³-hybridized carbons (Fsp3) is 0.244. The number of likely N-dealkylation sites (N-methyl/N-ethyl adjacent to an activating group) is 1. The largest absolute Gasteiger partial charge is 0.508 e. The van der Waals surface area contributed by atoms with E-state index < -0.39 is 12.4 Å². The summed E-state index contributed by atoms with van der Waals surface area (Å²) in [6, 6.07) is 39.8. The van der Waals surface area contributed by atoms with Gasteiger partial charge >= 0.3 is 0 Å². The predicted octanol–water partition coefficient (Wildman–Crippen LogP) is 6.69. The third-order valence-corrected chi connectivity index (χ3v) is 8.86. The van der Waals surface area contributed by atoms with Crippen molar-refractivity contribution in [1.82, 2.24) is 10.2 Å². The first-order valence-corrected chi connectivity index (χ1v) is 16.5. The van der Waals surface area contributed by atoms with Crippen LogP contribution in [0.15, 0.2) is 127 Å². The molecule has 1 fully saturated rings. The lowest BCUT2D eigenvalue weighted by Gasteiger charge is -2.38. The van der Waals surface area contributed by atoms with Gasteiger partial charge in [-0.2, -0.15) is 0 Å². The van der Waals surface area contributed by atoms with Gasteiger partial charge in [0, 0.05) is 37.2 Å². The second kappa shape index (κ2) is 16.0. The molecule has 5 aromatic rings. The van der Waals surface area contributed by atoms with Crippen LogP contribution in [-0.2, 0) is 22.6 Å². The highest BCUT2D eigenvalue weighted by Crippen LogP contribution is 2.39. The van der Waals surface area contributed by atoms with Gasteiger partial charge in [-0.15, -0.1) is 0 Å². The van der Waals surface area contributed by atoms with Gasteiger partial charge in [-0.3, -0.25) is 4.79 Å². The van der Waals surface area contributed by atoms with Crippen LogP contribution in [0.2, 0.25) is 0 Å². The number of aromatic hydroxyl groups is 1. The quantitative estimate of drug-likeness (QED) is 0.118. The molecule has 4 atom stereocenters. The van der Waals surface area contributed by atoms with Gasteiger partial charge in [0.2, 0.25) is 0 Å². The van der Waals surface area contributed by atoms with E-state index in [9.17, 15) is 20.1 Å². The Balaban J connectivity index is 1.17. The number of carbonyl (C=O) groups is 1. The summed E-state index contributed by atoms with van der Waals surface area (Å²) in [6.07, 6.45) is -1.22. The molecule has 1 aliphatic rings. The molecule has 0 aromatic heterocycles. The number of phenolic OH excluding ortho intramolecular Hbond substituents is 1. The van der Waals surface area contributed by atoms with E-state index in [0.29, 0.717) is 37.2 Å². The van der Waals surface area contributed by atoms with Crippen molar-refractivity contribution in [1.29, 1.82) is 0 Å². The summed E-state index contributed by atoms with van der Waals surface area (Å²) in [4.78, 5) is 14.7. The van der Waals surface area contributed by atoms with Crippen molar-refractivity contribution >= 4 is 5.91 Å². The lowest BCUT2D eigenvalue weighted by atomic mass is 9.97. The fourth-order valence-electron chi connectivity index (χ4n) is 6.23. The third-order valence-electron chi connectivity index (χ3n) is 8.86. The number of aliphatic hydroxyl groups is 2. The van der Waals surface area contributed by atoms with Crippen LogP contribution < -0.4 is 5.32 Å². The Kier molecular flexibility index (Phi) is 11.1. The van der Waals surface area contributed by atoms with Gasteiger partial charge in [0.15, 0.2) is 6.29 Å². The Morgan fingerprint density at radius 2 is 1.57 bits per heavy atom. The van der Waals surface area contributed by atoms with Crippen LogP contribution in [0.3, 0.4) is 0 Å². The average molecular weight is 659 g/mol. The second-order valence-corrected chi connectivity index (χ2v) is 12.5. The van der Waals surface area contributed by atoms with Gasteiger partial charge in [-0.1, -0.05) is 103 Å². The van der Waals surface area contributed by atoms with Crippen molar-refractivity contribution in [3.05, 3.63) is 161 Å². The van der Waals surface area contributed by atoms with E-state index in [1.165, 1.54) is 0 Å². The Bertz CT molecular complexity index is 1810. The first kappa shape index (κ1) is 34.0. The zero-order chi connectivity index (χ0) is 34.2. The number of hydrogen-bond acceptors (Lipinski definition) is 7. The monoisotopic (exact) mass is 658 g/mol. The second-order valence-electron chi connectivity index (χ2n) is 12.5. The number of rotatable bonds is 12. The number of phenols is 1. The van der Waals surface area contributed by atoms with Crippen molar-refractivity contribution in [2.24, 2.45) is 0 Å². The molecule has 252 valence electrons. The zero-order valence-corrected chi connectivity index (χ0v) is 27.5. The number of aliphatic hydroxyl groups excluding tert-OH is 2. The molecule has 8 heteroatoms. The molecule has 6 rings (SSSR count). The molecule has 49 heavy (non-hydrogen) atoms. The number of hydrogen-bond donors (Lipinski definition) is 4. The number of amides is 1. The summed E-state index contributed by atoms with van der Waals surface area (Å²) in [7, 11) is 1.94. The molecule has 0 aliphatic carbocycles. The maximum atomic E-state index is 12.7. The molecular weight excluding hydrogens is 616 g/mol. The normalized spacial score (nSPS) is 18.2. The average Bonchev–Trinajstić information content (AvgIpc) is 3.14. The molecule has 1 amide bonds. The van der Waals surface area contributed by atoms with Crippen molar-refractivity contribution in [2.45, 2.75) is 44.2 Å². The first-order chi connectivity index (χ1) is 23.9. The molecule has 0 spiro atoms. The molecule has 1 saturated heterocycles. The van der Waals surface area contributed by atoms with Crippen LogP contribution in [-0.4, -0.2) is 52.4 Å². The van der Waals surface area contributed by atoms with E-state index in [4.69, 9.17) is 9.47 Å². The summed E-state index contributed by atoms with van der Waals surface area (Å²) in [6.45, 7) is 1.29. The Morgan fingerprint density at radius 1 is 0.857 bits per heavy atom. The molecule has 0 bridgehead atoms. The van der Waals surface area contributed by atoms with Crippen LogP contribution in [0.4, 0.5) is 0 Å². The van der Waals surface area contributed by atoms with Crippen LogP contribution in [0, 0.1) is 0 Å². The number of nitrogens with zero attached hydrogens (tertiary/aromatic N) is 1. The molecule has 8 nitrogen and oxygen atoms in total. The van der Waals surface area contributed by atoms with Gasteiger partial charge in [0.25, 0.3) is 5.91 Å². The molecule has 1 aliphatic heterocycles. The van der Waals surface area contributed by atoms with Crippen LogP contribution in [0.25, 0.3) is 11.1 Å². The lowest BCUT2D eigenvalue weighted by molar-refractivity contribution is -0.252. The van der Waals surface area contributed by atoms with Crippen LogP contribution in [0.5, 0.6) is 5.75 Å². The molecule has 0 radical (unpaired) electrons. The molecule has 0 unspecified atom stereocenters. The molecule has 4 N–H and O–H groups in total. The highest BCUT2D eigenvalue weighted by atomic mass is 16.7. The van der Waals surface area contributed by atoms with Gasteiger partial charge in [0.05, 0.1) is 24.9 Å². The Labute approximate surface area is 287 Å². The lowest BCUT2D eigenvalue weighted by Crippen LogP contribution is -2.39. The van der Waals surface area contributed by atoms with E-state index in [2.05, 4.69) is 11.4 Å². The number of benzene rings is 5. The summed E-state index contributed by atoms with van der Waals surface area (Å²) < 4.78 is 13.1. The maximum absolute atomic E-state index is 12.7. The Morgan fingerprint density at radius 3 is 2.31 bits per heavy atom. The highest BCUT2D eigenvalue weighted by Gasteiger charge is 2.33. The van der Waals surface area contributed by atoms with E-state index in [-0.39, 0.29) is 30.5 Å². The van der Waals surface area contributed by atoms with E-state index in [0.717, 1.165) is 33.4 Å². The van der Waals surface area contributed by atoms with E-state index in [1.807, 2.05) is 96.9 Å². The number of carbonyl (C=O) groups excluding carboxylic acids is 1. The van der Waals surface area contributed by atoms with Gasteiger partial charge < -0.3 is 35.0 Å². The molecule has 0 saturated carbocycles. The van der Waals surface area contributed by atoms with E-state index >= 15 is 0 Å². The minimum absolute atomic E-state index is 0.0264. The third kappa shape index (κ3) is 8.80. The van der Waals surface area contributed by atoms with Crippen molar-refractivity contribution < 1.29 is 29.6 Å². The van der Waals surface area contributed by atoms with Crippen LogP contribution in [0.1, 0.15) is 63.1 Å². The summed E-state index contributed by atoms with van der Waals surface area (Å²) in [5.74, 6) is 0.00109. The Hall–Kier alpha value is -4.83. The van der Waals surface area contributed by atoms with Crippen molar-refractivity contribution in [2.75, 3.05) is 20.1 Å². The topological polar surface area (TPSA) is 111 Å². The minimum Gasteiger partial charge on any atom is -0.508 e. The van der Waals surface area contributed by atoms with Gasteiger partial charge in [-0.25, -0.2) is 0 Å². The maximum Gasteiger partial charge on any atom is 0.251 e. The summed E-state index contributed by atoms with van der Waals surface area (Å²) >= 11 is 0. The summed E-state index contributed by atoms with van der Waals surface area (Å²) in [5.41, 5.74) is 7.03. The number of ether oxygens (including phenoxy) is 2. The summed E-state index contributed by atoms with van der Waals surface area (Å²) in [5, 5.41) is 33.3. The van der Waals surface area contributed by atoms with Crippen molar-refractivity contribution in [3.8, 4) is 16.9 Å². The standard InChI is InChI=1S/C41H42N2O6/c1-43(26-38(46)33-11-7-12-35(45)22-33)25-36-23-39(30-16-14-28(27-44)15-17-30)49-41(48-36)32-20-18-29(19-21-32)37-13-6-5-10-34(37)24-42-40(47)31-8-3-2-4-9-31/h2-22,36,38-39,41,44-46H,23-27H2,1H3,(H,42,47)/t36-,38-,39+,41+/m1/s1. The van der Waals surface area contributed by atoms with Gasteiger partial charge in [-0.05, 0) is 64.7 Å². The molecular formula is C41H42N2O6. The fourth-order valence-corrected chi connectivity index (χ4v) is 6.23. The SMILES string of the molecule is CN(C[C@H]1C[C@@H](c2ccc(CO)cc2)O[C@@H](c2ccc(-c3ccccc3CNC(=O)c3ccccc3)cc2)O1)C[C@@H](O)c1cccc(O)c1. The highest BCUT2D eigenvalue weighted by molar-refractivity contribution is 5.94. The number of nitrogens with one attached hydrogen (secondary N) is 1.